The zero-order chi connectivity index (χ0) is 14.0. The molecule has 2 heterocycles. The van der Waals surface area contributed by atoms with Gasteiger partial charge in [-0.1, -0.05) is 0 Å². The molecule has 2 rings (SSSR count). The summed E-state index contributed by atoms with van der Waals surface area (Å²) in [6, 6.07) is 2.23. The van der Waals surface area contributed by atoms with Crippen LogP contribution in [0.25, 0.3) is 11.0 Å². The van der Waals surface area contributed by atoms with E-state index in [1.165, 1.54) is 0 Å². The quantitative estimate of drug-likeness (QED) is 0.630. The van der Waals surface area contributed by atoms with Gasteiger partial charge in [0.2, 0.25) is 0 Å². The van der Waals surface area contributed by atoms with E-state index in [0.717, 1.165) is 16.9 Å². The smallest absolute Gasteiger partial charge is 0.156 e. The number of hydrogen-bond acceptors (Lipinski definition) is 4. The minimum atomic E-state index is 0.193. The van der Waals surface area contributed by atoms with Crippen molar-refractivity contribution in [3.05, 3.63) is 18.6 Å². The van der Waals surface area contributed by atoms with E-state index >= 15 is 0 Å². The van der Waals surface area contributed by atoms with Crippen LogP contribution in [0.1, 0.15) is 20.3 Å². The van der Waals surface area contributed by atoms with Gasteiger partial charge >= 0.3 is 0 Å². The molecule has 102 valence electrons. The van der Waals surface area contributed by atoms with Gasteiger partial charge in [-0.15, -0.1) is 0 Å². The Morgan fingerprint density at radius 3 is 2.84 bits per heavy atom. The number of aromatic nitrogens is 3. The van der Waals surface area contributed by atoms with Crippen molar-refractivity contribution in [3.63, 3.8) is 0 Å². The Labute approximate surface area is 112 Å². The normalized spacial score (nSPS) is 11.2. The van der Waals surface area contributed by atoms with E-state index in [0.29, 0.717) is 13.0 Å². The van der Waals surface area contributed by atoms with Crippen LogP contribution in [-0.2, 0) is 7.05 Å². The summed E-state index contributed by atoms with van der Waals surface area (Å²) in [5, 5.41) is 7.37. The first kappa shape index (κ1) is 13.3. The van der Waals surface area contributed by atoms with Crippen LogP contribution < -0.4 is 10.6 Å². The Bertz CT molecular complexity index is 586. The lowest BCUT2D eigenvalue weighted by molar-refractivity contribution is 0.681. The molecule has 0 unspecified atom stereocenters. The second-order valence-electron chi connectivity index (χ2n) is 4.92. The second kappa shape index (κ2) is 5.26. The van der Waals surface area contributed by atoms with Gasteiger partial charge in [-0.3, -0.25) is 5.41 Å². The van der Waals surface area contributed by atoms with Gasteiger partial charge in [0.1, 0.15) is 5.52 Å². The van der Waals surface area contributed by atoms with E-state index in [1.807, 2.05) is 17.7 Å². The molecule has 0 saturated heterocycles. The number of anilines is 1. The first-order valence-electron chi connectivity index (χ1n) is 6.36. The molecule has 0 radical (unpaired) electrons. The monoisotopic (exact) mass is 260 g/mol. The molecule has 0 amide bonds. The number of pyridine rings is 1. The molecule has 0 spiro atoms. The molecule has 0 saturated carbocycles. The number of nitrogens with zero attached hydrogens (tertiary/aromatic N) is 4. The number of imidazole rings is 1. The fourth-order valence-corrected chi connectivity index (χ4v) is 2.11. The number of aryl methyl sites for hydroxylation is 1. The molecule has 2 aromatic heterocycles. The van der Waals surface area contributed by atoms with Crippen LogP contribution in [0.15, 0.2) is 18.6 Å². The van der Waals surface area contributed by atoms with E-state index in [1.54, 1.807) is 12.5 Å². The van der Waals surface area contributed by atoms with Crippen LogP contribution in [0.2, 0.25) is 0 Å². The standard InChI is InChI=1S/C13H20N6/c1-9(2)19(7-5-11(14)15)13-12-10(4-6-16-13)18(3)8-17-12/h4,6,8-9H,5,7H2,1-3H3,(H3,14,15). The summed E-state index contributed by atoms with van der Waals surface area (Å²) in [4.78, 5) is 11.0. The average molecular weight is 260 g/mol. The van der Waals surface area contributed by atoms with Crippen molar-refractivity contribution in [2.75, 3.05) is 11.4 Å². The van der Waals surface area contributed by atoms with Crippen molar-refractivity contribution in [1.82, 2.24) is 14.5 Å². The van der Waals surface area contributed by atoms with E-state index < -0.39 is 0 Å². The van der Waals surface area contributed by atoms with Gasteiger partial charge < -0.3 is 15.2 Å². The molecule has 0 fully saturated rings. The zero-order valence-corrected chi connectivity index (χ0v) is 11.6. The molecule has 0 aromatic carbocycles. The van der Waals surface area contributed by atoms with Crippen molar-refractivity contribution < 1.29 is 0 Å². The lowest BCUT2D eigenvalue weighted by Gasteiger charge is -2.27. The molecule has 2 aromatic rings. The molecule has 6 nitrogen and oxygen atoms in total. The van der Waals surface area contributed by atoms with Gasteiger partial charge in [0.15, 0.2) is 5.82 Å². The van der Waals surface area contributed by atoms with Crippen molar-refractivity contribution in [1.29, 1.82) is 5.41 Å². The van der Waals surface area contributed by atoms with E-state index in [9.17, 15) is 0 Å². The second-order valence-corrected chi connectivity index (χ2v) is 4.92. The molecular weight excluding hydrogens is 240 g/mol. The Balaban J connectivity index is 2.41. The van der Waals surface area contributed by atoms with Crippen LogP contribution in [0.5, 0.6) is 0 Å². The van der Waals surface area contributed by atoms with Crippen LogP contribution >= 0.6 is 0 Å². The number of hydrogen-bond donors (Lipinski definition) is 2. The maximum atomic E-state index is 7.37. The lowest BCUT2D eigenvalue weighted by Crippen LogP contribution is -2.34. The van der Waals surface area contributed by atoms with Gasteiger partial charge in [-0.05, 0) is 19.9 Å². The maximum Gasteiger partial charge on any atom is 0.156 e. The van der Waals surface area contributed by atoms with Crippen LogP contribution in [0.4, 0.5) is 5.82 Å². The third kappa shape index (κ3) is 2.67. The summed E-state index contributed by atoms with van der Waals surface area (Å²) in [5.74, 6) is 1.05. The molecular formula is C13H20N6. The van der Waals surface area contributed by atoms with E-state index in [4.69, 9.17) is 11.1 Å². The Kier molecular flexibility index (Phi) is 3.69. The van der Waals surface area contributed by atoms with Crippen molar-refractivity contribution in [2.45, 2.75) is 26.3 Å². The summed E-state index contributed by atoms with van der Waals surface area (Å²) in [6.45, 7) is 4.88. The molecule has 3 N–H and O–H groups in total. The number of nitrogens with two attached hydrogens (primary N) is 1. The summed E-state index contributed by atoms with van der Waals surface area (Å²) < 4.78 is 1.98. The van der Waals surface area contributed by atoms with Crippen molar-refractivity contribution in [2.24, 2.45) is 12.8 Å². The SMILES string of the molecule is CC(C)N(CCC(=N)N)c1nccc2c1ncn2C. The third-order valence-corrected chi connectivity index (χ3v) is 3.14. The molecule has 0 atom stereocenters. The Hall–Kier alpha value is -2.11. The third-order valence-electron chi connectivity index (χ3n) is 3.14. The predicted molar refractivity (Wildman–Crippen MR) is 77.5 cm³/mol. The molecule has 0 bridgehead atoms. The zero-order valence-electron chi connectivity index (χ0n) is 11.6. The van der Waals surface area contributed by atoms with E-state index in [2.05, 4.69) is 28.7 Å². The minimum Gasteiger partial charge on any atom is -0.388 e. The number of rotatable bonds is 5. The first-order valence-corrected chi connectivity index (χ1v) is 6.36. The van der Waals surface area contributed by atoms with Crippen LogP contribution in [0, 0.1) is 5.41 Å². The van der Waals surface area contributed by atoms with Gasteiger partial charge in [0, 0.05) is 32.3 Å². The highest BCUT2D eigenvalue weighted by Crippen LogP contribution is 2.24. The van der Waals surface area contributed by atoms with Gasteiger partial charge in [0.05, 0.1) is 17.7 Å². The van der Waals surface area contributed by atoms with Gasteiger partial charge in [0.25, 0.3) is 0 Å². The molecule has 0 aliphatic carbocycles. The largest absolute Gasteiger partial charge is 0.388 e. The topological polar surface area (TPSA) is 83.8 Å². The van der Waals surface area contributed by atoms with Crippen molar-refractivity contribution in [3.8, 4) is 0 Å². The van der Waals surface area contributed by atoms with Gasteiger partial charge in [-0.2, -0.15) is 0 Å². The number of nitrogens with one attached hydrogen (secondary N) is 1. The molecule has 0 aliphatic rings. The molecule has 0 aliphatic heterocycles. The highest BCUT2D eigenvalue weighted by atomic mass is 15.2. The maximum absolute atomic E-state index is 7.37. The fourth-order valence-electron chi connectivity index (χ4n) is 2.11. The summed E-state index contributed by atoms with van der Waals surface area (Å²) >= 11 is 0. The number of fused-ring (bicyclic) bond motifs is 1. The summed E-state index contributed by atoms with van der Waals surface area (Å²) in [7, 11) is 1.97. The van der Waals surface area contributed by atoms with Crippen LogP contribution in [0.3, 0.4) is 0 Å². The lowest BCUT2D eigenvalue weighted by atomic mass is 10.2. The Morgan fingerprint density at radius 1 is 1.47 bits per heavy atom. The minimum absolute atomic E-state index is 0.193. The average Bonchev–Trinajstić information content (AvgIpc) is 2.72. The van der Waals surface area contributed by atoms with E-state index in [-0.39, 0.29) is 11.9 Å². The van der Waals surface area contributed by atoms with Crippen LogP contribution in [-0.4, -0.2) is 33.0 Å². The predicted octanol–water partition coefficient (Wildman–Crippen LogP) is 1.51. The molecule has 19 heavy (non-hydrogen) atoms. The highest BCUT2D eigenvalue weighted by molar-refractivity contribution is 5.86. The molecule has 6 heteroatoms. The van der Waals surface area contributed by atoms with Crippen molar-refractivity contribution >= 4 is 22.7 Å². The number of amidine groups is 1. The summed E-state index contributed by atoms with van der Waals surface area (Å²) in [6.07, 6.45) is 4.12. The fraction of sp³-hybridized carbons (Fsp3) is 0.462. The van der Waals surface area contributed by atoms with Gasteiger partial charge in [-0.25, -0.2) is 9.97 Å². The first-order chi connectivity index (χ1) is 9.00. The Morgan fingerprint density at radius 2 is 2.21 bits per heavy atom. The summed E-state index contributed by atoms with van der Waals surface area (Å²) in [5.41, 5.74) is 7.40. The highest BCUT2D eigenvalue weighted by Gasteiger charge is 2.17.